The van der Waals surface area contributed by atoms with E-state index in [1.165, 1.54) is 32.3 Å². The summed E-state index contributed by atoms with van der Waals surface area (Å²) < 4.78 is 12.7. The monoisotopic (exact) mass is 715 g/mol. The minimum Gasteiger partial charge on any atom is -0.456 e. The number of rotatable bonds is 4. The summed E-state index contributed by atoms with van der Waals surface area (Å²) in [7, 11) is 0. The molecule has 0 saturated carbocycles. The quantitative estimate of drug-likeness (QED) is 0.170. The van der Waals surface area contributed by atoms with Crippen LogP contribution in [0, 0.1) is 0 Å². The molecule has 0 fully saturated rings. The molecule has 0 amide bonds. The van der Waals surface area contributed by atoms with E-state index >= 15 is 0 Å². The van der Waals surface area contributed by atoms with E-state index in [9.17, 15) is 0 Å². The number of hydrogen-bond donors (Lipinski definition) is 0. The number of fused-ring (bicyclic) bond motifs is 12. The van der Waals surface area contributed by atoms with Crippen LogP contribution in [0.25, 0.3) is 121 Å². The molecule has 260 valence electrons. The van der Waals surface area contributed by atoms with Crippen LogP contribution in [0.15, 0.2) is 185 Å². The molecule has 3 aromatic heterocycles. The highest BCUT2D eigenvalue weighted by Crippen LogP contribution is 2.40. The maximum atomic E-state index is 6.41. The van der Waals surface area contributed by atoms with Crippen molar-refractivity contribution >= 4 is 76.2 Å². The molecule has 0 saturated heterocycles. The van der Waals surface area contributed by atoms with Gasteiger partial charge in [0.15, 0.2) is 17.5 Å². The van der Waals surface area contributed by atoms with Gasteiger partial charge >= 0.3 is 0 Å². The first kappa shape index (κ1) is 30.8. The lowest BCUT2D eigenvalue weighted by Gasteiger charge is -2.12. The van der Waals surface area contributed by atoms with Crippen LogP contribution in [-0.2, 0) is 0 Å². The first-order chi connectivity index (χ1) is 27.7. The predicted molar refractivity (Wildman–Crippen MR) is 229 cm³/mol. The lowest BCUT2D eigenvalue weighted by Crippen LogP contribution is -2.00. The highest BCUT2D eigenvalue weighted by atomic mass is 16.3. The molecule has 5 heteroatoms. The van der Waals surface area contributed by atoms with Gasteiger partial charge in [0, 0.05) is 38.2 Å². The standard InChI is InChI=1S/C51H29N3O2/c1-2-11-30(12-3-1)49-52-50(54-51(53-49)40-18-10-20-47-48(40)39-17-8-9-19-44(39)56-47)33-23-26-46-43(29-33)42-28-32(22-25-45(42)55-46)31-21-24-38-36-15-5-4-13-34(36)35-14-6-7-16-37(35)41(38)27-31/h1-29H. The fourth-order valence-electron chi connectivity index (χ4n) is 8.49. The van der Waals surface area contributed by atoms with Crippen molar-refractivity contribution in [2.45, 2.75) is 0 Å². The maximum absolute atomic E-state index is 6.41. The zero-order valence-electron chi connectivity index (χ0n) is 29.9. The Labute approximate surface area is 320 Å². The van der Waals surface area contributed by atoms with Gasteiger partial charge in [-0.25, -0.2) is 15.0 Å². The second-order valence-electron chi connectivity index (χ2n) is 14.3. The van der Waals surface area contributed by atoms with E-state index < -0.39 is 0 Å². The molecule has 0 bridgehead atoms. The molecule has 56 heavy (non-hydrogen) atoms. The molecule has 0 aliphatic heterocycles. The fraction of sp³-hybridized carbons (Fsp3) is 0. The number of aromatic nitrogens is 3. The van der Waals surface area contributed by atoms with Gasteiger partial charge in [0.1, 0.15) is 22.3 Å². The van der Waals surface area contributed by atoms with E-state index in [1.54, 1.807) is 0 Å². The van der Waals surface area contributed by atoms with E-state index in [4.69, 9.17) is 23.8 Å². The maximum Gasteiger partial charge on any atom is 0.164 e. The van der Waals surface area contributed by atoms with Gasteiger partial charge < -0.3 is 8.83 Å². The van der Waals surface area contributed by atoms with Crippen molar-refractivity contribution in [3.63, 3.8) is 0 Å². The Hall–Kier alpha value is -7.63. The van der Waals surface area contributed by atoms with Crippen molar-refractivity contribution in [2.24, 2.45) is 0 Å². The van der Waals surface area contributed by atoms with Crippen molar-refractivity contribution in [2.75, 3.05) is 0 Å². The molecule has 5 nitrogen and oxygen atoms in total. The molecule has 0 N–H and O–H groups in total. The molecule has 0 spiro atoms. The highest BCUT2D eigenvalue weighted by molar-refractivity contribution is 6.26. The van der Waals surface area contributed by atoms with Gasteiger partial charge in [0.2, 0.25) is 0 Å². The van der Waals surface area contributed by atoms with Crippen LogP contribution in [0.2, 0.25) is 0 Å². The summed E-state index contributed by atoms with van der Waals surface area (Å²) >= 11 is 0. The lowest BCUT2D eigenvalue weighted by atomic mass is 9.92. The molecular formula is C51H29N3O2. The molecular weight excluding hydrogens is 687 g/mol. The van der Waals surface area contributed by atoms with Crippen molar-refractivity contribution < 1.29 is 8.83 Å². The second kappa shape index (κ2) is 11.9. The third-order valence-corrected chi connectivity index (χ3v) is 11.1. The van der Waals surface area contributed by atoms with E-state index in [2.05, 4.69) is 103 Å². The minimum absolute atomic E-state index is 0.583. The normalized spacial score (nSPS) is 11.9. The summed E-state index contributed by atoms with van der Waals surface area (Å²) in [5.41, 5.74) is 8.22. The van der Waals surface area contributed by atoms with E-state index in [0.717, 1.165) is 71.7 Å². The zero-order valence-corrected chi connectivity index (χ0v) is 29.9. The van der Waals surface area contributed by atoms with Crippen LogP contribution in [0.3, 0.4) is 0 Å². The minimum atomic E-state index is 0.583. The van der Waals surface area contributed by atoms with Crippen molar-refractivity contribution in [1.29, 1.82) is 0 Å². The van der Waals surface area contributed by atoms with Gasteiger partial charge in [-0.3, -0.25) is 0 Å². The molecule has 3 heterocycles. The topological polar surface area (TPSA) is 65.0 Å². The largest absolute Gasteiger partial charge is 0.456 e. The molecule has 12 rings (SSSR count). The van der Waals surface area contributed by atoms with Gasteiger partial charge in [0.25, 0.3) is 0 Å². The van der Waals surface area contributed by atoms with Gasteiger partial charge in [-0.2, -0.15) is 0 Å². The van der Waals surface area contributed by atoms with Crippen molar-refractivity contribution in [3.05, 3.63) is 176 Å². The molecule has 0 unspecified atom stereocenters. The molecule has 0 aliphatic rings. The summed E-state index contributed by atoms with van der Waals surface area (Å²) in [6.45, 7) is 0. The first-order valence-electron chi connectivity index (χ1n) is 18.8. The van der Waals surface area contributed by atoms with Crippen LogP contribution in [0.4, 0.5) is 0 Å². The van der Waals surface area contributed by atoms with Crippen LogP contribution < -0.4 is 0 Å². The fourth-order valence-corrected chi connectivity index (χ4v) is 8.49. The number of para-hydroxylation sites is 1. The number of benzene rings is 9. The van der Waals surface area contributed by atoms with Gasteiger partial charge in [-0.15, -0.1) is 0 Å². The number of hydrogen-bond acceptors (Lipinski definition) is 5. The smallest absolute Gasteiger partial charge is 0.164 e. The van der Waals surface area contributed by atoms with Gasteiger partial charge in [-0.05, 0) is 92.0 Å². The Balaban J connectivity index is 1.03. The van der Waals surface area contributed by atoms with E-state index in [-0.39, 0.29) is 0 Å². The second-order valence-corrected chi connectivity index (χ2v) is 14.3. The molecule has 0 atom stereocenters. The molecule has 0 aliphatic carbocycles. The average Bonchev–Trinajstić information content (AvgIpc) is 3.84. The molecule has 12 aromatic rings. The summed E-state index contributed by atoms with van der Waals surface area (Å²) in [5.74, 6) is 1.77. The Morgan fingerprint density at radius 3 is 1.45 bits per heavy atom. The SMILES string of the molecule is c1ccc(-c2nc(-c3ccc4oc5ccc(-c6ccc7c8ccccc8c8ccccc8c7c6)cc5c4c3)nc(-c3cccc4oc5ccccc5c34)n2)cc1. The summed E-state index contributed by atoms with van der Waals surface area (Å²) in [6, 6.07) is 61.1. The summed E-state index contributed by atoms with van der Waals surface area (Å²) in [4.78, 5) is 15.3. The average molecular weight is 716 g/mol. The summed E-state index contributed by atoms with van der Waals surface area (Å²) in [5, 5.41) is 11.6. The highest BCUT2D eigenvalue weighted by Gasteiger charge is 2.19. The van der Waals surface area contributed by atoms with Crippen LogP contribution in [0.5, 0.6) is 0 Å². The zero-order chi connectivity index (χ0) is 36.7. The van der Waals surface area contributed by atoms with E-state index in [0.29, 0.717) is 17.5 Å². The van der Waals surface area contributed by atoms with Gasteiger partial charge in [-0.1, -0.05) is 127 Å². The Kier molecular flexibility index (Phi) is 6.56. The van der Waals surface area contributed by atoms with Crippen LogP contribution in [0.1, 0.15) is 0 Å². The third-order valence-electron chi connectivity index (χ3n) is 11.1. The predicted octanol–water partition coefficient (Wildman–Crippen LogP) is 13.8. The number of nitrogens with zero attached hydrogens (tertiary/aromatic N) is 3. The Morgan fingerprint density at radius 1 is 0.268 bits per heavy atom. The molecule has 0 radical (unpaired) electrons. The van der Waals surface area contributed by atoms with Gasteiger partial charge in [0.05, 0.1) is 0 Å². The number of furan rings is 2. The molecule has 9 aromatic carbocycles. The summed E-state index contributed by atoms with van der Waals surface area (Å²) in [6.07, 6.45) is 0. The van der Waals surface area contributed by atoms with E-state index in [1.807, 2.05) is 72.8 Å². The lowest BCUT2D eigenvalue weighted by molar-refractivity contribution is 0.668. The van der Waals surface area contributed by atoms with Crippen molar-refractivity contribution in [1.82, 2.24) is 15.0 Å². The van der Waals surface area contributed by atoms with Crippen LogP contribution >= 0.6 is 0 Å². The first-order valence-corrected chi connectivity index (χ1v) is 18.8. The van der Waals surface area contributed by atoms with Crippen LogP contribution in [-0.4, -0.2) is 15.0 Å². The van der Waals surface area contributed by atoms with Crippen molar-refractivity contribution in [3.8, 4) is 45.3 Å². The Morgan fingerprint density at radius 2 is 0.732 bits per heavy atom. The third kappa shape index (κ3) is 4.71. The Bertz CT molecular complexity index is 3510.